The van der Waals surface area contributed by atoms with E-state index in [9.17, 15) is 4.79 Å². The predicted molar refractivity (Wildman–Crippen MR) is 99.9 cm³/mol. The highest BCUT2D eigenvalue weighted by Gasteiger charge is 2.06. The maximum Gasteiger partial charge on any atom is 0.253 e. The van der Waals surface area contributed by atoms with E-state index in [0.29, 0.717) is 17.1 Å². The Kier molecular flexibility index (Phi) is 3.54. The summed E-state index contributed by atoms with van der Waals surface area (Å²) in [6.45, 7) is 2.52. The Morgan fingerprint density at radius 1 is 1.08 bits per heavy atom. The summed E-state index contributed by atoms with van der Waals surface area (Å²) < 4.78 is 0. The molecule has 5 heteroatoms. The lowest BCUT2D eigenvalue weighted by atomic mass is 10.1. The average molecular weight is 338 g/mol. The SMILES string of the molecule is Cc1cc(NCc2cc3cc(Cl)ccc3[nH]c2=O)cc2cc[nH]c12. The van der Waals surface area contributed by atoms with Gasteiger partial charge in [-0.05, 0) is 55.0 Å². The van der Waals surface area contributed by atoms with E-state index in [1.807, 2.05) is 30.5 Å². The van der Waals surface area contributed by atoms with Crippen molar-refractivity contribution in [2.75, 3.05) is 5.32 Å². The average Bonchev–Trinajstić information content (AvgIpc) is 3.02. The van der Waals surface area contributed by atoms with Crippen LogP contribution in [0.2, 0.25) is 5.02 Å². The fourth-order valence-corrected chi connectivity index (χ4v) is 3.19. The minimum atomic E-state index is -0.0863. The van der Waals surface area contributed by atoms with Gasteiger partial charge in [0.15, 0.2) is 0 Å². The van der Waals surface area contributed by atoms with E-state index in [4.69, 9.17) is 11.6 Å². The maximum absolute atomic E-state index is 12.2. The third-order valence-electron chi connectivity index (χ3n) is 4.22. The Morgan fingerprint density at radius 2 is 1.96 bits per heavy atom. The van der Waals surface area contributed by atoms with Crippen LogP contribution in [0.15, 0.2) is 53.5 Å². The Hall–Kier alpha value is -2.72. The zero-order valence-corrected chi connectivity index (χ0v) is 13.9. The van der Waals surface area contributed by atoms with E-state index in [2.05, 4.69) is 34.3 Å². The summed E-state index contributed by atoms with van der Waals surface area (Å²) in [5, 5.41) is 6.07. The number of rotatable bonds is 3. The van der Waals surface area contributed by atoms with Crippen LogP contribution >= 0.6 is 11.6 Å². The van der Waals surface area contributed by atoms with Crippen LogP contribution in [-0.4, -0.2) is 9.97 Å². The number of pyridine rings is 1. The van der Waals surface area contributed by atoms with Crippen molar-refractivity contribution in [1.29, 1.82) is 0 Å². The van der Waals surface area contributed by atoms with Crippen LogP contribution in [0.1, 0.15) is 11.1 Å². The van der Waals surface area contributed by atoms with E-state index in [-0.39, 0.29) is 5.56 Å². The number of hydrogen-bond acceptors (Lipinski definition) is 2. The molecule has 0 aliphatic rings. The topological polar surface area (TPSA) is 60.7 Å². The number of benzene rings is 2. The van der Waals surface area contributed by atoms with Crippen LogP contribution in [0.25, 0.3) is 21.8 Å². The lowest BCUT2D eigenvalue weighted by molar-refractivity contribution is 1.09. The van der Waals surface area contributed by atoms with Crippen LogP contribution in [0.5, 0.6) is 0 Å². The van der Waals surface area contributed by atoms with Gasteiger partial charge in [0, 0.05) is 50.8 Å². The molecule has 4 rings (SSSR count). The fourth-order valence-electron chi connectivity index (χ4n) is 3.01. The molecule has 0 radical (unpaired) electrons. The van der Waals surface area contributed by atoms with Crippen molar-refractivity contribution in [3.8, 4) is 0 Å². The number of hydrogen-bond donors (Lipinski definition) is 3. The molecule has 2 aromatic carbocycles. The third kappa shape index (κ3) is 2.65. The van der Waals surface area contributed by atoms with Gasteiger partial charge in [0.2, 0.25) is 0 Å². The molecule has 120 valence electrons. The molecule has 0 aliphatic carbocycles. The second-order valence-corrected chi connectivity index (χ2v) is 6.38. The van der Waals surface area contributed by atoms with E-state index in [1.54, 1.807) is 6.07 Å². The molecular formula is C19H16ClN3O. The predicted octanol–water partition coefficient (Wildman–Crippen LogP) is 4.58. The number of fused-ring (bicyclic) bond motifs is 2. The van der Waals surface area contributed by atoms with Crippen molar-refractivity contribution in [2.45, 2.75) is 13.5 Å². The summed E-state index contributed by atoms with van der Waals surface area (Å²) in [6, 6.07) is 13.5. The highest BCUT2D eigenvalue weighted by atomic mass is 35.5. The molecular weight excluding hydrogens is 322 g/mol. The van der Waals surface area contributed by atoms with Gasteiger partial charge in [-0.2, -0.15) is 0 Å². The van der Waals surface area contributed by atoms with Crippen LogP contribution in [-0.2, 0) is 6.54 Å². The number of aromatic nitrogens is 2. The second kappa shape index (κ2) is 5.73. The summed E-state index contributed by atoms with van der Waals surface area (Å²) in [6.07, 6.45) is 1.93. The molecule has 2 heterocycles. The zero-order chi connectivity index (χ0) is 16.7. The Labute approximate surface area is 143 Å². The van der Waals surface area contributed by atoms with Crippen molar-refractivity contribution in [3.63, 3.8) is 0 Å². The molecule has 0 atom stereocenters. The van der Waals surface area contributed by atoms with Gasteiger partial charge in [0.05, 0.1) is 0 Å². The van der Waals surface area contributed by atoms with Crippen molar-refractivity contribution >= 4 is 39.1 Å². The lowest BCUT2D eigenvalue weighted by Crippen LogP contribution is -2.15. The summed E-state index contributed by atoms with van der Waals surface area (Å²) in [5.74, 6) is 0. The number of halogens is 1. The molecule has 0 amide bonds. The largest absolute Gasteiger partial charge is 0.381 e. The van der Waals surface area contributed by atoms with E-state index >= 15 is 0 Å². The van der Waals surface area contributed by atoms with Crippen LogP contribution in [0, 0.1) is 6.92 Å². The van der Waals surface area contributed by atoms with Gasteiger partial charge < -0.3 is 15.3 Å². The monoisotopic (exact) mass is 337 g/mol. The summed E-state index contributed by atoms with van der Waals surface area (Å²) >= 11 is 6.04. The molecule has 3 N–H and O–H groups in total. The first-order chi connectivity index (χ1) is 11.6. The quantitative estimate of drug-likeness (QED) is 0.512. The van der Waals surface area contributed by atoms with Crippen molar-refractivity contribution in [2.24, 2.45) is 0 Å². The van der Waals surface area contributed by atoms with Gasteiger partial charge >= 0.3 is 0 Å². The molecule has 0 fully saturated rings. The fraction of sp³-hybridized carbons (Fsp3) is 0.105. The molecule has 0 saturated carbocycles. The zero-order valence-electron chi connectivity index (χ0n) is 13.1. The van der Waals surface area contributed by atoms with Crippen molar-refractivity contribution in [1.82, 2.24) is 9.97 Å². The molecule has 0 unspecified atom stereocenters. The Morgan fingerprint density at radius 3 is 2.83 bits per heavy atom. The summed E-state index contributed by atoms with van der Waals surface area (Å²) in [5.41, 5.74) is 4.68. The van der Waals surface area contributed by atoms with Crippen molar-refractivity contribution < 1.29 is 0 Å². The molecule has 4 nitrogen and oxygen atoms in total. The minimum absolute atomic E-state index is 0.0863. The van der Waals surface area contributed by atoms with Crippen molar-refractivity contribution in [3.05, 3.63) is 75.2 Å². The number of nitrogens with one attached hydrogen (secondary N) is 3. The molecule has 0 saturated heterocycles. The maximum atomic E-state index is 12.2. The van der Waals surface area contributed by atoms with Crippen LogP contribution < -0.4 is 10.9 Å². The first-order valence-electron chi connectivity index (χ1n) is 7.73. The summed E-state index contributed by atoms with van der Waals surface area (Å²) in [7, 11) is 0. The molecule has 2 aromatic heterocycles. The number of anilines is 1. The highest BCUT2D eigenvalue weighted by Crippen LogP contribution is 2.23. The van der Waals surface area contributed by atoms with Crippen LogP contribution in [0.4, 0.5) is 5.69 Å². The standard InChI is InChI=1S/C19H16ClN3O/c1-11-6-16(9-12-4-5-21-18(11)12)22-10-14-7-13-8-15(20)2-3-17(13)23-19(14)24/h2-9,21-22H,10H2,1H3,(H,23,24). The first-order valence-corrected chi connectivity index (χ1v) is 8.11. The van der Waals surface area contributed by atoms with Gasteiger partial charge in [-0.3, -0.25) is 4.79 Å². The molecule has 4 aromatic rings. The van der Waals surface area contributed by atoms with E-state index in [1.165, 1.54) is 5.56 Å². The third-order valence-corrected chi connectivity index (χ3v) is 4.46. The van der Waals surface area contributed by atoms with Gasteiger partial charge in [0.25, 0.3) is 5.56 Å². The van der Waals surface area contributed by atoms with Gasteiger partial charge in [-0.25, -0.2) is 0 Å². The summed E-state index contributed by atoms with van der Waals surface area (Å²) in [4.78, 5) is 18.4. The number of aryl methyl sites for hydroxylation is 1. The normalized spacial score (nSPS) is 11.2. The van der Waals surface area contributed by atoms with E-state index in [0.717, 1.165) is 27.5 Å². The molecule has 0 aliphatic heterocycles. The second-order valence-electron chi connectivity index (χ2n) is 5.94. The van der Waals surface area contributed by atoms with Gasteiger partial charge in [0.1, 0.15) is 0 Å². The Balaban J connectivity index is 1.65. The lowest BCUT2D eigenvalue weighted by Gasteiger charge is -2.09. The first kappa shape index (κ1) is 14.8. The van der Waals surface area contributed by atoms with Crippen LogP contribution in [0.3, 0.4) is 0 Å². The minimum Gasteiger partial charge on any atom is -0.381 e. The molecule has 0 bridgehead atoms. The van der Waals surface area contributed by atoms with Gasteiger partial charge in [-0.15, -0.1) is 0 Å². The van der Waals surface area contributed by atoms with E-state index < -0.39 is 0 Å². The molecule has 24 heavy (non-hydrogen) atoms. The highest BCUT2D eigenvalue weighted by molar-refractivity contribution is 6.31. The Bertz CT molecular complexity index is 1110. The number of H-pyrrole nitrogens is 2. The van der Waals surface area contributed by atoms with Gasteiger partial charge in [-0.1, -0.05) is 11.6 Å². The number of aromatic amines is 2. The molecule has 0 spiro atoms. The smallest absolute Gasteiger partial charge is 0.253 e.